The molecule has 1 saturated heterocycles. The van der Waals surface area contributed by atoms with E-state index in [-0.39, 0.29) is 30.1 Å². The summed E-state index contributed by atoms with van der Waals surface area (Å²) in [6.07, 6.45) is 0.849. The predicted molar refractivity (Wildman–Crippen MR) is 102 cm³/mol. The monoisotopic (exact) mass is 367 g/mol. The number of aliphatic hydroxyl groups is 1. The van der Waals surface area contributed by atoms with Crippen molar-refractivity contribution in [3.05, 3.63) is 34.3 Å². The molecule has 1 aromatic rings. The quantitative estimate of drug-likeness (QED) is 0.859. The lowest BCUT2D eigenvalue weighted by atomic mass is 9.77. The van der Waals surface area contributed by atoms with Crippen molar-refractivity contribution in [3.63, 3.8) is 0 Å². The molecule has 0 spiro atoms. The first kappa shape index (κ1) is 20.0. The molecule has 0 aliphatic carbocycles. The fourth-order valence-electron chi connectivity index (χ4n) is 3.91. The van der Waals surface area contributed by atoms with Crippen molar-refractivity contribution in [2.24, 2.45) is 5.41 Å². The molecular formula is C19H30ClN3O2. The highest BCUT2D eigenvalue weighted by Gasteiger charge is 2.42. The van der Waals surface area contributed by atoms with Crippen LogP contribution in [-0.2, 0) is 0 Å². The highest BCUT2D eigenvalue weighted by Crippen LogP contribution is 2.32. The molecule has 1 heterocycles. The standard InChI is InChI=1S/C19H30ClN3O2/c1-13-15(7-6-8-16(13)20)14(2)21-18(25)23(5)17-9-10-22(4)11-19(17,3)12-24/h6-8,14,17,24H,9-12H2,1-5H3,(H,21,25). The van der Waals surface area contributed by atoms with Crippen LogP contribution in [0.4, 0.5) is 4.79 Å². The first-order valence-electron chi connectivity index (χ1n) is 8.77. The second-order valence-electron chi connectivity index (χ2n) is 7.59. The largest absolute Gasteiger partial charge is 0.396 e. The summed E-state index contributed by atoms with van der Waals surface area (Å²) in [5, 5.41) is 13.7. The van der Waals surface area contributed by atoms with E-state index in [9.17, 15) is 9.90 Å². The van der Waals surface area contributed by atoms with Crippen molar-refractivity contribution >= 4 is 17.6 Å². The number of nitrogens with zero attached hydrogens (tertiary/aromatic N) is 2. The maximum atomic E-state index is 12.8. The molecule has 0 saturated carbocycles. The fraction of sp³-hybridized carbons (Fsp3) is 0.632. The van der Waals surface area contributed by atoms with E-state index in [2.05, 4.69) is 10.2 Å². The minimum absolute atomic E-state index is 0.00126. The Morgan fingerprint density at radius 3 is 2.88 bits per heavy atom. The topological polar surface area (TPSA) is 55.8 Å². The van der Waals surface area contributed by atoms with Crippen LogP contribution in [0.2, 0.25) is 5.02 Å². The number of urea groups is 1. The number of benzene rings is 1. The number of rotatable bonds is 4. The lowest BCUT2D eigenvalue weighted by Gasteiger charge is -2.48. The highest BCUT2D eigenvalue weighted by atomic mass is 35.5. The SMILES string of the molecule is Cc1c(Cl)cccc1C(C)NC(=O)N(C)C1CCN(C)CC1(C)CO. The summed E-state index contributed by atoms with van der Waals surface area (Å²) in [5.41, 5.74) is 1.68. The van der Waals surface area contributed by atoms with E-state index in [1.807, 2.05) is 53.1 Å². The Labute approximate surface area is 155 Å². The molecule has 3 atom stereocenters. The zero-order valence-electron chi connectivity index (χ0n) is 15.8. The number of hydrogen-bond acceptors (Lipinski definition) is 3. The third-order valence-corrected chi connectivity index (χ3v) is 5.89. The number of halogens is 1. The molecule has 5 nitrogen and oxygen atoms in total. The lowest BCUT2D eigenvalue weighted by Crippen LogP contribution is -2.59. The minimum Gasteiger partial charge on any atom is -0.396 e. The van der Waals surface area contributed by atoms with Gasteiger partial charge >= 0.3 is 6.03 Å². The molecular weight excluding hydrogens is 338 g/mol. The first-order valence-corrected chi connectivity index (χ1v) is 9.15. The summed E-state index contributed by atoms with van der Waals surface area (Å²) in [6.45, 7) is 7.72. The van der Waals surface area contributed by atoms with Crippen molar-refractivity contribution in [2.75, 3.05) is 33.8 Å². The molecule has 0 bridgehead atoms. The van der Waals surface area contributed by atoms with Gasteiger partial charge in [-0.2, -0.15) is 0 Å². The molecule has 0 aromatic heterocycles. The Balaban J connectivity index is 2.10. The zero-order valence-corrected chi connectivity index (χ0v) is 16.6. The lowest BCUT2D eigenvalue weighted by molar-refractivity contribution is -0.00827. The van der Waals surface area contributed by atoms with Crippen LogP contribution >= 0.6 is 11.6 Å². The average Bonchev–Trinajstić information content (AvgIpc) is 2.56. The second kappa shape index (κ2) is 7.94. The van der Waals surface area contributed by atoms with Crippen LogP contribution in [0, 0.1) is 12.3 Å². The van der Waals surface area contributed by atoms with Gasteiger partial charge in [-0.25, -0.2) is 4.79 Å². The predicted octanol–water partition coefficient (Wildman–Crippen LogP) is 3.05. The van der Waals surface area contributed by atoms with E-state index < -0.39 is 0 Å². The molecule has 140 valence electrons. The van der Waals surface area contributed by atoms with Crippen LogP contribution in [0.3, 0.4) is 0 Å². The number of likely N-dealkylation sites (tertiary alicyclic amines) is 1. The molecule has 2 rings (SSSR count). The molecule has 6 heteroatoms. The van der Waals surface area contributed by atoms with Gasteiger partial charge in [0, 0.05) is 30.1 Å². The van der Waals surface area contributed by atoms with Crippen LogP contribution in [0.1, 0.15) is 37.4 Å². The van der Waals surface area contributed by atoms with Gasteiger partial charge in [0.05, 0.1) is 12.6 Å². The highest BCUT2D eigenvalue weighted by molar-refractivity contribution is 6.31. The van der Waals surface area contributed by atoms with Crippen molar-refractivity contribution in [1.82, 2.24) is 15.1 Å². The van der Waals surface area contributed by atoms with E-state index in [0.29, 0.717) is 5.02 Å². The molecule has 0 radical (unpaired) electrons. The Hall–Kier alpha value is -1.30. The maximum Gasteiger partial charge on any atom is 0.317 e. The fourth-order valence-corrected chi connectivity index (χ4v) is 4.09. The number of piperidine rings is 1. The molecule has 1 fully saturated rings. The van der Waals surface area contributed by atoms with E-state index in [1.54, 1.807) is 4.90 Å². The van der Waals surface area contributed by atoms with Gasteiger partial charge in [-0.3, -0.25) is 0 Å². The molecule has 2 amide bonds. The second-order valence-corrected chi connectivity index (χ2v) is 8.00. The molecule has 1 aliphatic rings. The molecule has 2 N–H and O–H groups in total. The van der Waals surface area contributed by atoms with Crippen molar-refractivity contribution in [2.45, 2.75) is 39.3 Å². The van der Waals surface area contributed by atoms with Crippen LogP contribution in [0.15, 0.2) is 18.2 Å². The number of amides is 2. The smallest absolute Gasteiger partial charge is 0.317 e. The molecule has 25 heavy (non-hydrogen) atoms. The number of hydrogen-bond donors (Lipinski definition) is 2. The Bertz CT molecular complexity index is 625. The van der Waals surface area contributed by atoms with Crippen LogP contribution in [-0.4, -0.2) is 60.8 Å². The van der Waals surface area contributed by atoms with Crippen LogP contribution in [0.25, 0.3) is 0 Å². The zero-order chi connectivity index (χ0) is 18.8. The summed E-state index contributed by atoms with van der Waals surface area (Å²) in [6, 6.07) is 5.48. The van der Waals surface area contributed by atoms with Crippen LogP contribution in [0.5, 0.6) is 0 Å². The average molecular weight is 368 g/mol. The van der Waals surface area contributed by atoms with Gasteiger partial charge in [-0.15, -0.1) is 0 Å². The number of carbonyl (C=O) groups excluding carboxylic acids is 1. The molecule has 1 aromatic carbocycles. The summed E-state index contributed by atoms with van der Waals surface area (Å²) in [7, 11) is 3.87. The van der Waals surface area contributed by atoms with Gasteiger partial charge in [-0.1, -0.05) is 30.7 Å². The van der Waals surface area contributed by atoms with E-state index >= 15 is 0 Å². The van der Waals surface area contributed by atoms with Gasteiger partial charge in [0.15, 0.2) is 0 Å². The summed E-state index contributed by atoms with van der Waals surface area (Å²) < 4.78 is 0. The van der Waals surface area contributed by atoms with Gasteiger partial charge < -0.3 is 20.2 Å². The minimum atomic E-state index is -0.325. The van der Waals surface area contributed by atoms with E-state index in [1.165, 1.54) is 0 Å². The summed E-state index contributed by atoms with van der Waals surface area (Å²) >= 11 is 6.19. The summed E-state index contributed by atoms with van der Waals surface area (Å²) in [5.74, 6) is 0. The summed E-state index contributed by atoms with van der Waals surface area (Å²) in [4.78, 5) is 16.7. The third-order valence-electron chi connectivity index (χ3n) is 5.48. The van der Waals surface area contributed by atoms with Gasteiger partial charge in [0.2, 0.25) is 0 Å². The Morgan fingerprint density at radius 2 is 2.24 bits per heavy atom. The number of carbonyl (C=O) groups is 1. The first-order chi connectivity index (χ1) is 11.7. The Morgan fingerprint density at radius 1 is 1.56 bits per heavy atom. The molecule has 1 aliphatic heterocycles. The normalized spacial score (nSPS) is 25.5. The van der Waals surface area contributed by atoms with Gasteiger partial charge in [-0.05, 0) is 51.1 Å². The van der Waals surface area contributed by atoms with E-state index in [0.717, 1.165) is 30.6 Å². The van der Waals surface area contributed by atoms with Crippen molar-refractivity contribution < 1.29 is 9.90 Å². The Kier molecular flexibility index (Phi) is 6.35. The van der Waals surface area contributed by atoms with Crippen molar-refractivity contribution in [3.8, 4) is 0 Å². The van der Waals surface area contributed by atoms with Crippen LogP contribution < -0.4 is 5.32 Å². The van der Waals surface area contributed by atoms with Gasteiger partial charge in [0.1, 0.15) is 0 Å². The number of aliphatic hydroxyl groups excluding tert-OH is 1. The van der Waals surface area contributed by atoms with Gasteiger partial charge in [0.25, 0.3) is 0 Å². The number of nitrogens with one attached hydrogen (secondary N) is 1. The maximum absolute atomic E-state index is 12.8. The molecule has 3 unspecified atom stereocenters. The third kappa shape index (κ3) is 4.27. The van der Waals surface area contributed by atoms with E-state index in [4.69, 9.17) is 11.6 Å². The van der Waals surface area contributed by atoms with Crippen molar-refractivity contribution in [1.29, 1.82) is 0 Å².